The Morgan fingerprint density at radius 3 is 1.63 bits per heavy atom. The van der Waals surface area contributed by atoms with Crippen LogP contribution in [0, 0.1) is 20.8 Å². The van der Waals surface area contributed by atoms with Crippen molar-refractivity contribution in [3.05, 3.63) is 71.3 Å². The summed E-state index contributed by atoms with van der Waals surface area (Å²) in [5.41, 5.74) is 3.29. The lowest BCUT2D eigenvalue weighted by molar-refractivity contribution is -0.114. The van der Waals surface area contributed by atoms with Crippen molar-refractivity contribution in [3.63, 3.8) is 0 Å². The topological polar surface area (TPSA) is 149 Å². The Hall–Kier alpha value is -5.37. The molecule has 3 rings (SSSR count). The lowest BCUT2D eigenvalue weighted by atomic mass is 10.1. The van der Waals surface area contributed by atoms with Crippen LogP contribution in [0.4, 0.5) is 43.7 Å². The van der Waals surface area contributed by atoms with Gasteiger partial charge in [0.15, 0.2) is 0 Å². The predicted molar refractivity (Wildman–Crippen MR) is 144 cm³/mol. The van der Waals surface area contributed by atoms with Crippen molar-refractivity contribution in [3.8, 4) is 0 Å². The number of nitrogens with one attached hydrogen (secondary N) is 3. The molecule has 3 N–H and O–H groups in total. The van der Waals surface area contributed by atoms with Gasteiger partial charge in [0.2, 0.25) is 18.1 Å². The molecule has 0 atom stereocenters. The van der Waals surface area contributed by atoms with Gasteiger partial charge in [0.25, 0.3) is 0 Å². The Morgan fingerprint density at radius 2 is 1.11 bits per heavy atom. The molecule has 0 aliphatic rings. The summed E-state index contributed by atoms with van der Waals surface area (Å²) in [6.45, 7) is 6.33. The summed E-state index contributed by atoms with van der Waals surface area (Å²) in [4.78, 5) is 68.5. The Balaban J connectivity index is 2.07. The van der Waals surface area contributed by atoms with Crippen molar-refractivity contribution in [2.45, 2.75) is 27.7 Å². The molecule has 192 valence electrons. The van der Waals surface area contributed by atoms with Crippen molar-refractivity contribution in [2.24, 2.45) is 9.98 Å². The third kappa shape index (κ3) is 6.06. The van der Waals surface area contributed by atoms with E-state index in [1.54, 1.807) is 69.3 Å². The monoisotopic (exact) mass is 512 g/mol. The van der Waals surface area contributed by atoms with Crippen molar-refractivity contribution >= 4 is 64.3 Å². The zero-order valence-corrected chi connectivity index (χ0v) is 21.1. The fourth-order valence-corrected chi connectivity index (χ4v) is 3.70. The fraction of sp³-hybridized carbons (Fsp3) is 0.148. The summed E-state index contributed by atoms with van der Waals surface area (Å²) >= 11 is 0. The Labute approximate surface area is 218 Å². The second-order valence-corrected chi connectivity index (χ2v) is 8.13. The first-order chi connectivity index (χ1) is 18.2. The number of isocyanates is 2. The number of anilines is 4. The maximum atomic E-state index is 13.6. The van der Waals surface area contributed by atoms with Crippen LogP contribution in [0.2, 0.25) is 0 Å². The van der Waals surface area contributed by atoms with E-state index in [-0.39, 0.29) is 17.3 Å². The number of nitrogens with zero attached hydrogens (tertiary/aromatic N) is 3. The summed E-state index contributed by atoms with van der Waals surface area (Å²) in [5, 5.41) is 8.07. The Bertz CT molecular complexity index is 1520. The summed E-state index contributed by atoms with van der Waals surface area (Å²) in [5.74, 6) is -0.280. The molecular formula is C27H24N6O5. The molecule has 0 fully saturated rings. The van der Waals surface area contributed by atoms with Crippen LogP contribution >= 0.6 is 0 Å². The number of urea groups is 2. The normalized spacial score (nSPS) is 9.89. The fourth-order valence-electron chi connectivity index (χ4n) is 3.70. The number of aliphatic imine (C=N–C) groups is 2. The minimum atomic E-state index is -0.830. The zero-order valence-electron chi connectivity index (χ0n) is 21.1. The molecule has 0 unspecified atom stereocenters. The number of rotatable bonds is 6. The van der Waals surface area contributed by atoms with Crippen LogP contribution in [0.25, 0.3) is 0 Å². The molecule has 5 amide bonds. The summed E-state index contributed by atoms with van der Waals surface area (Å²) in [6.07, 6.45) is 2.93. The van der Waals surface area contributed by atoms with Gasteiger partial charge in [-0.2, -0.15) is 9.98 Å². The SMILES string of the molecule is CC(=O)Nc1cccc(NC(=O)N(C(=O)Nc2cccc(N=C=O)c2C)c2cccc(N=C=O)c2C)c1C. The van der Waals surface area contributed by atoms with E-state index in [1.807, 2.05) is 0 Å². The van der Waals surface area contributed by atoms with Crippen LogP contribution < -0.4 is 20.9 Å². The summed E-state index contributed by atoms with van der Waals surface area (Å²) in [6, 6.07) is 12.7. The highest BCUT2D eigenvalue weighted by molar-refractivity contribution is 6.22. The minimum absolute atomic E-state index is 0.159. The van der Waals surface area contributed by atoms with Gasteiger partial charge in [-0.1, -0.05) is 18.2 Å². The van der Waals surface area contributed by atoms with E-state index in [0.717, 1.165) is 4.90 Å². The quantitative estimate of drug-likeness (QED) is 0.283. The molecule has 0 spiro atoms. The molecule has 0 saturated heterocycles. The standard InChI is InChI=1S/C27H24N6O5/c1-16-20(28-14-34)8-5-11-23(16)31-26(37)33(25-13-7-9-21(18(25)3)29-15-35)27(38)32-24-12-6-10-22(17(24)2)30-19(4)36/h5-13H,1-4H3,(H,30,36)(H,31,37)(H,32,38). The number of hydrogen-bond acceptors (Lipinski definition) is 7. The highest BCUT2D eigenvalue weighted by Crippen LogP contribution is 2.32. The van der Waals surface area contributed by atoms with Gasteiger partial charge in [0.05, 0.1) is 17.1 Å². The van der Waals surface area contributed by atoms with E-state index in [4.69, 9.17) is 0 Å². The molecule has 11 heteroatoms. The van der Waals surface area contributed by atoms with Gasteiger partial charge in [0, 0.05) is 24.0 Å². The van der Waals surface area contributed by atoms with Gasteiger partial charge < -0.3 is 16.0 Å². The van der Waals surface area contributed by atoms with Crippen molar-refractivity contribution < 1.29 is 24.0 Å². The van der Waals surface area contributed by atoms with E-state index in [9.17, 15) is 24.0 Å². The van der Waals surface area contributed by atoms with Crippen molar-refractivity contribution in [2.75, 3.05) is 20.9 Å². The molecule has 0 radical (unpaired) electrons. The average molecular weight is 513 g/mol. The first-order valence-corrected chi connectivity index (χ1v) is 11.3. The van der Waals surface area contributed by atoms with Crippen molar-refractivity contribution in [1.29, 1.82) is 0 Å². The lowest BCUT2D eigenvalue weighted by Gasteiger charge is -2.25. The molecule has 3 aromatic rings. The first-order valence-electron chi connectivity index (χ1n) is 11.3. The van der Waals surface area contributed by atoms with Gasteiger partial charge in [-0.3, -0.25) is 4.79 Å². The van der Waals surface area contributed by atoms with Gasteiger partial charge in [-0.15, -0.1) is 0 Å². The number of amides is 5. The Kier molecular flexibility index (Phi) is 8.63. The Morgan fingerprint density at radius 1 is 0.658 bits per heavy atom. The highest BCUT2D eigenvalue weighted by Gasteiger charge is 2.27. The van der Waals surface area contributed by atoms with Crippen LogP contribution in [0.3, 0.4) is 0 Å². The smallest absolute Gasteiger partial charge is 0.326 e. The minimum Gasteiger partial charge on any atom is -0.326 e. The van der Waals surface area contributed by atoms with Crippen molar-refractivity contribution in [1.82, 2.24) is 0 Å². The third-order valence-electron chi connectivity index (χ3n) is 5.69. The number of carbonyl (C=O) groups is 3. The average Bonchev–Trinajstić information content (AvgIpc) is 2.86. The zero-order chi connectivity index (χ0) is 27.8. The number of hydrogen-bond donors (Lipinski definition) is 3. The maximum absolute atomic E-state index is 13.6. The first kappa shape index (κ1) is 27.2. The van der Waals surface area contributed by atoms with E-state index >= 15 is 0 Å². The van der Waals surface area contributed by atoms with E-state index < -0.39 is 12.1 Å². The van der Waals surface area contributed by atoms with Crippen LogP contribution in [0.15, 0.2) is 64.6 Å². The second-order valence-electron chi connectivity index (χ2n) is 8.13. The summed E-state index contributed by atoms with van der Waals surface area (Å²) < 4.78 is 0. The third-order valence-corrected chi connectivity index (χ3v) is 5.69. The molecule has 0 bridgehead atoms. The van der Waals surface area contributed by atoms with Crippen LogP contribution in [-0.4, -0.2) is 30.1 Å². The second kappa shape index (κ2) is 12.0. The number of carbonyl (C=O) groups excluding carboxylic acids is 5. The molecule has 0 aromatic heterocycles. The largest absolute Gasteiger partial charge is 0.334 e. The van der Waals surface area contributed by atoms with Crippen LogP contribution in [0.1, 0.15) is 23.6 Å². The van der Waals surface area contributed by atoms with Gasteiger partial charge in [0.1, 0.15) is 0 Å². The molecule has 0 aliphatic carbocycles. The molecule has 0 saturated carbocycles. The number of benzene rings is 3. The molecule has 11 nitrogen and oxygen atoms in total. The van der Waals surface area contributed by atoms with Crippen LogP contribution in [0.5, 0.6) is 0 Å². The van der Waals surface area contributed by atoms with Gasteiger partial charge in [-0.05, 0) is 73.9 Å². The lowest BCUT2D eigenvalue weighted by Crippen LogP contribution is -2.43. The molecule has 0 aliphatic heterocycles. The van der Waals surface area contributed by atoms with Crippen LogP contribution in [-0.2, 0) is 14.4 Å². The molecular weight excluding hydrogens is 488 g/mol. The number of imide groups is 1. The van der Waals surface area contributed by atoms with E-state index in [0.29, 0.717) is 39.4 Å². The molecule has 0 heterocycles. The highest BCUT2D eigenvalue weighted by atomic mass is 16.2. The molecule has 3 aromatic carbocycles. The van der Waals surface area contributed by atoms with E-state index in [1.165, 1.54) is 25.1 Å². The van der Waals surface area contributed by atoms with Gasteiger partial charge in [-0.25, -0.2) is 24.1 Å². The predicted octanol–water partition coefficient (Wildman–Crippen LogP) is 5.78. The van der Waals surface area contributed by atoms with Gasteiger partial charge >= 0.3 is 12.1 Å². The molecule has 38 heavy (non-hydrogen) atoms. The maximum Gasteiger partial charge on any atom is 0.334 e. The summed E-state index contributed by atoms with van der Waals surface area (Å²) in [7, 11) is 0. The van der Waals surface area contributed by atoms with E-state index in [2.05, 4.69) is 25.9 Å².